The Hall–Kier alpha value is -2.49. The summed E-state index contributed by atoms with van der Waals surface area (Å²) in [5, 5.41) is 3.69. The maximum Gasteiger partial charge on any atom is 0.231 e. The molecule has 10 heteroatoms. The Balaban J connectivity index is 1.49. The zero-order valence-corrected chi connectivity index (χ0v) is 17.6. The summed E-state index contributed by atoms with van der Waals surface area (Å²) in [6, 6.07) is 11.5. The molecular formula is C19H16ClN3O4S2. The summed E-state index contributed by atoms with van der Waals surface area (Å²) >= 11 is 7.08. The van der Waals surface area contributed by atoms with Gasteiger partial charge in [0, 0.05) is 29.9 Å². The second-order valence-electron chi connectivity index (χ2n) is 6.79. The van der Waals surface area contributed by atoms with Crippen LogP contribution >= 0.6 is 22.9 Å². The van der Waals surface area contributed by atoms with Gasteiger partial charge in [0.25, 0.3) is 0 Å². The fourth-order valence-corrected chi connectivity index (χ4v) is 4.91. The van der Waals surface area contributed by atoms with Crippen LogP contribution in [0.15, 0.2) is 47.4 Å². The quantitative estimate of drug-likeness (QED) is 0.658. The zero-order valence-electron chi connectivity index (χ0n) is 15.3. The van der Waals surface area contributed by atoms with Gasteiger partial charge in [-0.2, -0.15) is 0 Å². The second-order valence-corrected chi connectivity index (χ2v) is 10.3. The highest BCUT2D eigenvalue weighted by Crippen LogP contribution is 2.30. The van der Waals surface area contributed by atoms with Crippen molar-refractivity contribution in [1.29, 1.82) is 0 Å². The molecule has 0 radical (unpaired) electrons. The molecule has 1 atom stereocenters. The summed E-state index contributed by atoms with van der Waals surface area (Å²) in [4.78, 5) is 31.1. The number of halogens is 1. The molecule has 1 aromatic heterocycles. The molecule has 0 aliphatic carbocycles. The van der Waals surface area contributed by atoms with E-state index in [2.05, 4.69) is 10.3 Å². The van der Waals surface area contributed by atoms with Crippen LogP contribution in [0.4, 0.5) is 10.8 Å². The lowest BCUT2D eigenvalue weighted by Gasteiger charge is -2.16. The highest BCUT2D eigenvalue weighted by atomic mass is 35.5. The van der Waals surface area contributed by atoms with Crippen LogP contribution in [-0.2, 0) is 19.4 Å². The number of sulfone groups is 1. The number of amides is 2. The molecule has 1 fully saturated rings. The number of aromatic nitrogens is 1. The van der Waals surface area contributed by atoms with Crippen LogP contribution in [0.5, 0.6) is 0 Å². The summed E-state index contributed by atoms with van der Waals surface area (Å²) in [7, 11) is -3.32. The van der Waals surface area contributed by atoms with E-state index in [0.29, 0.717) is 26.1 Å². The van der Waals surface area contributed by atoms with Crippen LogP contribution in [0.1, 0.15) is 6.42 Å². The fourth-order valence-electron chi connectivity index (χ4n) is 3.15. The zero-order chi connectivity index (χ0) is 20.8. The van der Waals surface area contributed by atoms with Crippen LogP contribution in [0.25, 0.3) is 10.2 Å². The molecule has 0 spiro atoms. The molecule has 1 N–H and O–H groups in total. The van der Waals surface area contributed by atoms with Crippen LogP contribution in [0.3, 0.4) is 0 Å². The fraction of sp³-hybridized carbons (Fsp3) is 0.211. The van der Waals surface area contributed by atoms with Gasteiger partial charge in [0.05, 0.1) is 21.0 Å². The molecule has 29 heavy (non-hydrogen) atoms. The number of rotatable bonds is 4. The highest BCUT2D eigenvalue weighted by Gasteiger charge is 2.35. The van der Waals surface area contributed by atoms with E-state index in [0.717, 1.165) is 6.26 Å². The minimum absolute atomic E-state index is 0.109. The number of nitrogens with one attached hydrogen (secondary N) is 1. The van der Waals surface area contributed by atoms with Crippen LogP contribution < -0.4 is 10.2 Å². The number of nitrogens with zero attached hydrogens (tertiary/aromatic N) is 2. The lowest BCUT2D eigenvalue weighted by atomic mass is 10.1. The molecule has 7 nitrogen and oxygen atoms in total. The monoisotopic (exact) mass is 449 g/mol. The lowest BCUT2D eigenvalue weighted by molar-refractivity contribution is -0.122. The van der Waals surface area contributed by atoms with E-state index >= 15 is 0 Å². The molecule has 1 unspecified atom stereocenters. The van der Waals surface area contributed by atoms with Crippen LogP contribution in [0, 0.1) is 5.92 Å². The van der Waals surface area contributed by atoms with Crippen molar-refractivity contribution >= 4 is 65.6 Å². The van der Waals surface area contributed by atoms with Gasteiger partial charge in [-0.25, -0.2) is 13.4 Å². The maximum absolute atomic E-state index is 12.7. The molecule has 1 aliphatic heterocycles. The van der Waals surface area contributed by atoms with Gasteiger partial charge in [-0.05, 0) is 42.5 Å². The molecule has 0 saturated carbocycles. The first kappa shape index (κ1) is 19.8. The molecule has 2 heterocycles. The van der Waals surface area contributed by atoms with Gasteiger partial charge in [0.2, 0.25) is 11.8 Å². The van der Waals surface area contributed by atoms with Crippen LogP contribution in [0.2, 0.25) is 5.02 Å². The van der Waals surface area contributed by atoms with Crippen molar-refractivity contribution in [3.05, 3.63) is 47.5 Å². The average molecular weight is 450 g/mol. The molecule has 2 aromatic carbocycles. The van der Waals surface area contributed by atoms with Crippen molar-refractivity contribution in [2.75, 3.05) is 23.0 Å². The molecule has 1 aliphatic rings. The number of carbonyl (C=O) groups excluding carboxylic acids is 2. The van der Waals surface area contributed by atoms with Crippen molar-refractivity contribution in [2.45, 2.75) is 11.3 Å². The number of thiazole rings is 1. The van der Waals surface area contributed by atoms with Gasteiger partial charge in [-0.3, -0.25) is 9.59 Å². The third-order valence-corrected chi connectivity index (χ3v) is 6.95. The summed E-state index contributed by atoms with van der Waals surface area (Å²) in [5.41, 5.74) is 1.30. The van der Waals surface area contributed by atoms with Gasteiger partial charge >= 0.3 is 0 Å². The number of fused-ring (bicyclic) bond motifs is 1. The van der Waals surface area contributed by atoms with Crippen LogP contribution in [-0.4, -0.2) is 38.0 Å². The number of hydrogen-bond donors (Lipinski definition) is 1. The largest absolute Gasteiger partial charge is 0.312 e. The second kappa shape index (κ2) is 7.40. The first-order valence-electron chi connectivity index (χ1n) is 8.68. The first-order valence-corrected chi connectivity index (χ1v) is 11.8. The van der Waals surface area contributed by atoms with Crippen molar-refractivity contribution in [2.24, 2.45) is 5.92 Å². The van der Waals surface area contributed by atoms with Gasteiger partial charge in [-0.1, -0.05) is 22.9 Å². The third kappa shape index (κ3) is 4.12. The van der Waals surface area contributed by atoms with Crippen molar-refractivity contribution in [3.8, 4) is 0 Å². The molecule has 3 aromatic rings. The first-order chi connectivity index (χ1) is 13.7. The third-order valence-electron chi connectivity index (χ3n) is 4.65. The van der Waals surface area contributed by atoms with Crippen molar-refractivity contribution in [3.63, 3.8) is 0 Å². The Kier molecular flexibility index (Phi) is 5.05. The average Bonchev–Trinajstić information content (AvgIpc) is 3.24. The Morgan fingerprint density at radius 3 is 2.66 bits per heavy atom. The molecule has 2 amide bonds. The van der Waals surface area contributed by atoms with E-state index in [1.807, 2.05) is 0 Å². The van der Waals surface area contributed by atoms with Gasteiger partial charge in [0.15, 0.2) is 15.0 Å². The van der Waals surface area contributed by atoms with Crippen molar-refractivity contribution < 1.29 is 18.0 Å². The minimum atomic E-state index is -3.32. The van der Waals surface area contributed by atoms with E-state index in [1.165, 1.54) is 17.4 Å². The number of carbonyl (C=O) groups is 2. The normalized spacial score (nSPS) is 17.1. The van der Waals surface area contributed by atoms with E-state index in [4.69, 9.17) is 11.6 Å². The topological polar surface area (TPSA) is 96.4 Å². The van der Waals surface area contributed by atoms with E-state index in [9.17, 15) is 18.0 Å². The minimum Gasteiger partial charge on any atom is -0.312 e. The summed E-state index contributed by atoms with van der Waals surface area (Å²) < 4.78 is 24.1. The number of anilines is 2. The summed E-state index contributed by atoms with van der Waals surface area (Å²) in [6.45, 7) is 0.273. The molecule has 0 bridgehead atoms. The smallest absolute Gasteiger partial charge is 0.231 e. The maximum atomic E-state index is 12.7. The van der Waals surface area contributed by atoms with Gasteiger partial charge in [-0.15, -0.1) is 0 Å². The Labute approximate surface area is 176 Å². The molecule has 4 rings (SSSR count). The Morgan fingerprint density at radius 2 is 1.97 bits per heavy atom. The molecule has 150 valence electrons. The summed E-state index contributed by atoms with van der Waals surface area (Å²) in [5.74, 6) is -0.927. The Bertz CT molecular complexity index is 1220. The SMILES string of the molecule is CS(=O)(=O)c1ccc2nc(NC(=O)C3CC(=O)N(c4ccc(Cl)cc4)C3)sc2c1. The van der Waals surface area contributed by atoms with E-state index in [-0.39, 0.29) is 29.7 Å². The predicted molar refractivity (Wildman–Crippen MR) is 113 cm³/mol. The van der Waals surface area contributed by atoms with Crippen molar-refractivity contribution in [1.82, 2.24) is 4.98 Å². The van der Waals surface area contributed by atoms with Gasteiger partial charge < -0.3 is 10.2 Å². The number of benzene rings is 2. The standard InChI is InChI=1S/C19H16ClN3O4S2/c1-29(26,27)14-6-7-15-16(9-14)28-19(21-15)22-18(25)11-8-17(24)23(10-11)13-4-2-12(20)3-5-13/h2-7,9,11H,8,10H2,1H3,(H,21,22,25). The van der Waals surface area contributed by atoms with E-state index < -0.39 is 15.8 Å². The lowest BCUT2D eigenvalue weighted by Crippen LogP contribution is -2.28. The molecule has 1 saturated heterocycles. The number of hydrogen-bond acceptors (Lipinski definition) is 6. The predicted octanol–water partition coefficient (Wildman–Crippen LogP) is 3.34. The Morgan fingerprint density at radius 1 is 1.24 bits per heavy atom. The summed E-state index contributed by atoms with van der Waals surface area (Å²) in [6.07, 6.45) is 1.25. The van der Waals surface area contributed by atoms with Gasteiger partial charge in [0.1, 0.15) is 0 Å². The van der Waals surface area contributed by atoms with E-state index in [1.54, 1.807) is 41.3 Å². The highest BCUT2D eigenvalue weighted by molar-refractivity contribution is 7.90. The molecular weight excluding hydrogens is 434 g/mol.